The van der Waals surface area contributed by atoms with E-state index in [1.54, 1.807) is 13.8 Å². The summed E-state index contributed by atoms with van der Waals surface area (Å²) in [4.78, 5) is 41.5. The minimum atomic E-state index is -0.00616. The first-order chi connectivity index (χ1) is 21.1. The third-order valence-electron chi connectivity index (χ3n) is 8.92. The lowest BCUT2D eigenvalue weighted by Crippen LogP contribution is -1.94. The molecule has 6 rings (SSSR count). The number of H-pyrrole nitrogens is 2. The molecule has 8 heteroatoms. The third kappa shape index (κ3) is 5.52. The highest BCUT2D eigenvalue weighted by Crippen LogP contribution is 2.38. The molecule has 0 aromatic carbocycles. The summed E-state index contributed by atoms with van der Waals surface area (Å²) in [6, 6.07) is 10.5. The molecule has 1 unspecified atom stereocenters. The second-order valence-electron chi connectivity index (χ2n) is 12.0. The number of fused-ring (bicyclic) bond motifs is 8. The molecule has 0 fully saturated rings. The summed E-state index contributed by atoms with van der Waals surface area (Å²) in [5, 5.41) is 8.80. The Kier molecular flexibility index (Phi) is 7.84. The van der Waals surface area contributed by atoms with Crippen LogP contribution in [0.3, 0.4) is 0 Å². The van der Waals surface area contributed by atoms with E-state index < -0.39 is 0 Å². The Bertz CT molecular complexity index is 1980. The monoisotopic (exact) mass is 586 g/mol. The van der Waals surface area contributed by atoms with Crippen LogP contribution in [0, 0.1) is 6.92 Å². The first-order valence-corrected chi connectivity index (χ1v) is 15.3. The van der Waals surface area contributed by atoms with Crippen molar-refractivity contribution >= 4 is 62.0 Å². The number of allylic oxidation sites excluding steroid dienone is 4. The van der Waals surface area contributed by atoms with Crippen molar-refractivity contribution in [2.45, 2.75) is 72.8 Å². The van der Waals surface area contributed by atoms with Crippen LogP contribution in [0.25, 0.3) is 50.4 Å². The Labute approximate surface area is 257 Å². The Morgan fingerprint density at radius 3 is 2.02 bits per heavy atom. The second-order valence-corrected chi connectivity index (χ2v) is 12.0. The van der Waals surface area contributed by atoms with Gasteiger partial charge in [0.1, 0.15) is 11.6 Å². The van der Waals surface area contributed by atoms with Gasteiger partial charge in [-0.1, -0.05) is 12.7 Å². The number of ketones is 2. The SMILES string of the molecule is C=Cc1c(C)c2cc3[nH]c(cc4nc(cc5nc(cc1[nH]2)C(C)=C5CCC(C)=O)C(CCC(C)=O)=C4C)cc3C1CCN=N1. The summed E-state index contributed by atoms with van der Waals surface area (Å²) in [6.07, 6.45) is 4.82. The number of nitrogens with one attached hydrogen (secondary N) is 2. The van der Waals surface area contributed by atoms with Gasteiger partial charge in [0.2, 0.25) is 0 Å². The van der Waals surface area contributed by atoms with Crippen molar-refractivity contribution in [3.8, 4) is 0 Å². The molecule has 0 saturated carbocycles. The van der Waals surface area contributed by atoms with E-state index >= 15 is 0 Å². The van der Waals surface area contributed by atoms with Gasteiger partial charge in [-0.05, 0) is 112 Å². The quantitative estimate of drug-likeness (QED) is 0.274. The zero-order valence-corrected chi connectivity index (χ0v) is 26.1. The van der Waals surface area contributed by atoms with E-state index in [0.29, 0.717) is 25.7 Å². The molecular weight excluding hydrogens is 548 g/mol. The lowest BCUT2D eigenvalue weighted by Gasteiger charge is -2.05. The van der Waals surface area contributed by atoms with Crippen molar-refractivity contribution in [2.75, 3.05) is 6.54 Å². The normalized spacial score (nSPS) is 16.2. The van der Waals surface area contributed by atoms with Gasteiger partial charge < -0.3 is 19.6 Å². The van der Waals surface area contributed by atoms with Gasteiger partial charge >= 0.3 is 0 Å². The van der Waals surface area contributed by atoms with Gasteiger partial charge in [0, 0.05) is 46.0 Å². The van der Waals surface area contributed by atoms with Gasteiger partial charge in [-0.25, -0.2) is 9.97 Å². The van der Waals surface area contributed by atoms with Crippen LogP contribution in [0.4, 0.5) is 0 Å². The summed E-state index contributed by atoms with van der Waals surface area (Å²) in [6.45, 7) is 14.3. The van der Waals surface area contributed by atoms with Crippen LogP contribution in [0.2, 0.25) is 0 Å². The Morgan fingerprint density at radius 2 is 1.45 bits per heavy atom. The van der Waals surface area contributed by atoms with Crippen molar-refractivity contribution in [1.82, 2.24) is 19.9 Å². The molecule has 3 aliphatic rings. The van der Waals surface area contributed by atoms with E-state index in [-0.39, 0.29) is 17.6 Å². The van der Waals surface area contributed by atoms with Crippen LogP contribution in [0.1, 0.15) is 105 Å². The van der Waals surface area contributed by atoms with Gasteiger partial charge in [-0.15, -0.1) is 0 Å². The molecule has 224 valence electrons. The Balaban J connectivity index is 1.70. The summed E-state index contributed by atoms with van der Waals surface area (Å²) in [5.41, 5.74) is 14.5. The molecule has 2 N–H and O–H groups in total. The van der Waals surface area contributed by atoms with E-state index in [1.165, 1.54) is 0 Å². The molecule has 3 aliphatic heterocycles. The van der Waals surface area contributed by atoms with Crippen molar-refractivity contribution < 1.29 is 9.59 Å². The summed E-state index contributed by atoms with van der Waals surface area (Å²) in [5.74, 6) is 0.277. The highest BCUT2D eigenvalue weighted by atomic mass is 16.1. The number of azo groups is 1. The topological polar surface area (TPSA) is 116 Å². The number of nitrogens with zero attached hydrogens (tertiary/aromatic N) is 4. The largest absolute Gasteiger partial charge is 0.355 e. The maximum atomic E-state index is 12.0. The van der Waals surface area contributed by atoms with Crippen molar-refractivity contribution in [3.05, 3.63) is 76.4 Å². The number of aromatic nitrogens is 4. The minimum absolute atomic E-state index is 0.00616. The lowest BCUT2D eigenvalue weighted by molar-refractivity contribution is -0.117. The molecule has 0 spiro atoms. The standard InChI is InChI=1S/C36H38N6O2/c1-7-25-21(4)31-17-36-28(29-12-13-37-42-29)14-24(38-36)15-30-22(5)26(10-8-19(2)43)34(39-30)18-35-27(11-9-20(3)44)23(6)32(41-35)16-33(25)40-31/h7,14-18,29,38,40H,1,8-13H2,2-6H3. The highest BCUT2D eigenvalue weighted by molar-refractivity contribution is 5.97. The number of aryl methyl sites for hydroxylation is 1. The van der Waals surface area contributed by atoms with Crippen molar-refractivity contribution in [3.63, 3.8) is 0 Å². The molecule has 3 aromatic rings. The Morgan fingerprint density at radius 1 is 0.818 bits per heavy atom. The second kappa shape index (κ2) is 11.8. The molecule has 3 aromatic heterocycles. The molecule has 0 saturated heterocycles. The molecule has 8 bridgehead atoms. The van der Waals surface area contributed by atoms with E-state index in [4.69, 9.17) is 9.97 Å². The van der Waals surface area contributed by atoms with Crippen molar-refractivity contribution in [2.24, 2.45) is 10.2 Å². The molecular formula is C36H38N6O2. The van der Waals surface area contributed by atoms with E-state index in [0.717, 1.165) is 96.8 Å². The molecule has 8 nitrogen and oxygen atoms in total. The maximum Gasteiger partial charge on any atom is 0.130 e. The van der Waals surface area contributed by atoms with Crippen LogP contribution in [-0.2, 0) is 9.59 Å². The van der Waals surface area contributed by atoms with Crippen LogP contribution in [0.15, 0.2) is 47.1 Å². The molecule has 0 aliphatic carbocycles. The lowest BCUT2D eigenvalue weighted by atomic mass is 9.97. The number of carbonyl (C=O) groups is 2. The number of Topliss-reactive ketones (excluding diaryl/α,β-unsaturated/α-hetero) is 2. The smallest absolute Gasteiger partial charge is 0.130 e. The van der Waals surface area contributed by atoms with Crippen molar-refractivity contribution in [1.29, 1.82) is 0 Å². The van der Waals surface area contributed by atoms with E-state index in [2.05, 4.69) is 71.8 Å². The van der Waals surface area contributed by atoms with Crippen LogP contribution < -0.4 is 0 Å². The van der Waals surface area contributed by atoms with Gasteiger partial charge in [0.25, 0.3) is 0 Å². The molecule has 44 heavy (non-hydrogen) atoms. The van der Waals surface area contributed by atoms with Gasteiger partial charge in [0.05, 0.1) is 35.4 Å². The average Bonchev–Trinajstić information content (AvgIpc) is 3.78. The minimum Gasteiger partial charge on any atom is -0.355 e. The van der Waals surface area contributed by atoms with E-state index in [1.807, 2.05) is 12.1 Å². The fourth-order valence-electron chi connectivity index (χ4n) is 6.33. The fourth-order valence-corrected chi connectivity index (χ4v) is 6.33. The van der Waals surface area contributed by atoms with Crippen LogP contribution in [0.5, 0.6) is 0 Å². The highest BCUT2D eigenvalue weighted by Gasteiger charge is 2.23. The zero-order chi connectivity index (χ0) is 31.1. The fraction of sp³-hybridized carbons (Fsp3) is 0.333. The number of aromatic amines is 2. The molecule has 0 amide bonds. The average molecular weight is 587 g/mol. The predicted octanol–water partition coefficient (Wildman–Crippen LogP) is 8.76. The van der Waals surface area contributed by atoms with Gasteiger partial charge in [0.15, 0.2) is 0 Å². The molecule has 6 heterocycles. The van der Waals surface area contributed by atoms with Crippen LogP contribution >= 0.6 is 0 Å². The Hall–Kier alpha value is -4.72. The predicted molar refractivity (Wildman–Crippen MR) is 178 cm³/mol. The van der Waals surface area contributed by atoms with Crippen LogP contribution in [-0.4, -0.2) is 38.0 Å². The van der Waals surface area contributed by atoms with Gasteiger partial charge in [-0.3, -0.25) is 0 Å². The summed E-state index contributed by atoms with van der Waals surface area (Å²) >= 11 is 0. The first-order valence-electron chi connectivity index (χ1n) is 15.3. The number of hydrogen-bond donors (Lipinski definition) is 2. The number of carbonyl (C=O) groups excluding carboxylic acids is 2. The first kappa shape index (κ1) is 29.4. The summed E-state index contributed by atoms with van der Waals surface area (Å²) in [7, 11) is 0. The number of hydrogen-bond acceptors (Lipinski definition) is 6. The third-order valence-corrected chi connectivity index (χ3v) is 8.92. The molecule has 1 atom stereocenters. The summed E-state index contributed by atoms with van der Waals surface area (Å²) < 4.78 is 0. The zero-order valence-electron chi connectivity index (χ0n) is 26.1. The maximum absolute atomic E-state index is 12.0. The molecule has 0 radical (unpaired) electrons. The number of rotatable bonds is 8. The van der Waals surface area contributed by atoms with Gasteiger partial charge in [-0.2, -0.15) is 10.2 Å². The van der Waals surface area contributed by atoms with E-state index in [9.17, 15) is 9.59 Å².